The summed E-state index contributed by atoms with van der Waals surface area (Å²) >= 11 is 1.83. The molecule has 0 aliphatic heterocycles. The molecule has 0 rings (SSSR count). The molecule has 0 heterocycles. The molecule has 0 bridgehead atoms. The van der Waals surface area contributed by atoms with Crippen molar-refractivity contribution in [2.24, 2.45) is 5.41 Å². The summed E-state index contributed by atoms with van der Waals surface area (Å²) in [4.78, 5) is 11.3. The summed E-state index contributed by atoms with van der Waals surface area (Å²) in [5.41, 5.74) is -0.340. The van der Waals surface area contributed by atoms with Crippen LogP contribution in [0, 0.1) is 5.41 Å². The average molecular weight is 204 g/mol. The molecule has 0 aromatic heterocycles. The zero-order valence-corrected chi connectivity index (χ0v) is 9.87. The van der Waals surface area contributed by atoms with E-state index in [0.29, 0.717) is 0 Å². The van der Waals surface area contributed by atoms with Gasteiger partial charge in [0, 0.05) is 5.75 Å². The minimum Gasteiger partial charge on any atom is -0.469 e. The van der Waals surface area contributed by atoms with E-state index in [9.17, 15) is 4.79 Å². The summed E-state index contributed by atoms with van der Waals surface area (Å²) in [7, 11) is 1.45. The summed E-state index contributed by atoms with van der Waals surface area (Å²) in [6.07, 6.45) is 2.44. The molecule has 0 unspecified atom stereocenters. The van der Waals surface area contributed by atoms with Crippen LogP contribution in [0.15, 0.2) is 0 Å². The summed E-state index contributed by atoms with van der Waals surface area (Å²) in [5.74, 6) is 1.87. The molecule has 0 fully saturated rings. The number of unbranched alkanes of at least 4 members (excludes halogenated alkanes) is 1. The summed E-state index contributed by atoms with van der Waals surface area (Å²) in [6, 6.07) is 0. The minimum atomic E-state index is -0.340. The molecule has 0 amide bonds. The van der Waals surface area contributed by atoms with Crippen molar-refractivity contribution in [1.29, 1.82) is 0 Å². The van der Waals surface area contributed by atoms with Gasteiger partial charge in [0.05, 0.1) is 12.5 Å². The van der Waals surface area contributed by atoms with Gasteiger partial charge >= 0.3 is 5.97 Å². The SMILES string of the molecule is CCCCSCC(C)(C)C(=O)OC. The lowest BCUT2D eigenvalue weighted by atomic mass is 9.97. The molecule has 13 heavy (non-hydrogen) atoms. The molecule has 0 saturated carbocycles. The second kappa shape index (κ2) is 6.30. The first-order chi connectivity index (χ1) is 6.04. The Balaban J connectivity index is 3.69. The molecule has 2 nitrogen and oxygen atoms in total. The monoisotopic (exact) mass is 204 g/mol. The smallest absolute Gasteiger partial charge is 0.312 e. The van der Waals surface area contributed by atoms with Crippen LogP contribution in [-0.2, 0) is 9.53 Å². The maximum absolute atomic E-state index is 11.3. The number of hydrogen-bond acceptors (Lipinski definition) is 3. The normalized spacial score (nSPS) is 11.4. The van der Waals surface area contributed by atoms with Gasteiger partial charge in [0.25, 0.3) is 0 Å². The molecule has 3 heteroatoms. The quantitative estimate of drug-likeness (QED) is 0.491. The lowest BCUT2D eigenvalue weighted by Gasteiger charge is -2.20. The van der Waals surface area contributed by atoms with Crippen molar-refractivity contribution in [2.45, 2.75) is 33.6 Å². The Kier molecular flexibility index (Phi) is 6.21. The predicted molar refractivity (Wildman–Crippen MR) is 58.0 cm³/mol. The van der Waals surface area contributed by atoms with E-state index >= 15 is 0 Å². The van der Waals surface area contributed by atoms with Gasteiger partial charge in [-0.25, -0.2) is 0 Å². The van der Waals surface area contributed by atoms with Crippen LogP contribution in [0.2, 0.25) is 0 Å². The number of esters is 1. The highest BCUT2D eigenvalue weighted by Crippen LogP contribution is 2.23. The third-order valence-corrected chi connectivity index (χ3v) is 3.35. The lowest BCUT2D eigenvalue weighted by Crippen LogP contribution is -2.28. The largest absolute Gasteiger partial charge is 0.469 e. The van der Waals surface area contributed by atoms with Crippen molar-refractivity contribution in [1.82, 2.24) is 0 Å². The molecular formula is C10H20O2S. The maximum atomic E-state index is 11.3. The fourth-order valence-electron chi connectivity index (χ4n) is 0.909. The van der Waals surface area contributed by atoms with Crippen LogP contribution < -0.4 is 0 Å². The summed E-state index contributed by atoms with van der Waals surface area (Å²) < 4.78 is 4.72. The molecule has 0 radical (unpaired) electrons. The number of carbonyl (C=O) groups is 1. The average Bonchev–Trinajstić information content (AvgIpc) is 2.11. The molecular weight excluding hydrogens is 184 g/mol. The van der Waals surface area contributed by atoms with Crippen molar-refractivity contribution in [3.05, 3.63) is 0 Å². The van der Waals surface area contributed by atoms with E-state index < -0.39 is 0 Å². The van der Waals surface area contributed by atoms with Gasteiger partial charge in [-0.05, 0) is 26.0 Å². The molecule has 0 aromatic carbocycles. The van der Waals surface area contributed by atoms with E-state index in [1.54, 1.807) is 0 Å². The van der Waals surface area contributed by atoms with Gasteiger partial charge in [0.1, 0.15) is 0 Å². The highest BCUT2D eigenvalue weighted by Gasteiger charge is 2.28. The Morgan fingerprint density at radius 1 is 1.46 bits per heavy atom. The number of thioether (sulfide) groups is 1. The van der Waals surface area contributed by atoms with Crippen LogP contribution in [0.3, 0.4) is 0 Å². The van der Waals surface area contributed by atoms with Gasteiger partial charge in [0.2, 0.25) is 0 Å². The molecule has 0 aromatic rings. The second-order valence-corrected chi connectivity index (χ2v) is 4.89. The Morgan fingerprint density at radius 2 is 2.08 bits per heavy atom. The molecule has 0 aliphatic rings. The molecule has 0 atom stereocenters. The van der Waals surface area contributed by atoms with Gasteiger partial charge in [-0.1, -0.05) is 13.3 Å². The topological polar surface area (TPSA) is 26.3 Å². The molecule has 0 aliphatic carbocycles. The molecule has 0 N–H and O–H groups in total. The summed E-state index contributed by atoms with van der Waals surface area (Å²) in [5, 5.41) is 0. The number of rotatable bonds is 6. The first-order valence-corrected chi connectivity index (χ1v) is 5.86. The van der Waals surface area contributed by atoms with Gasteiger partial charge in [-0.3, -0.25) is 4.79 Å². The van der Waals surface area contributed by atoms with Crippen molar-refractivity contribution in [2.75, 3.05) is 18.6 Å². The third-order valence-electron chi connectivity index (χ3n) is 1.84. The van der Waals surface area contributed by atoms with E-state index in [0.717, 1.165) is 11.5 Å². The van der Waals surface area contributed by atoms with E-state index in [-0.39, 0.29) is 11.4 Å². The first kappa shape index (κ1) is 12.8. The van der Waals surface area contributed by atoms with Crippen LogP contribution in [-0.4, -0.2) is 24.6 Å². The Bertz CT molecular complexity index is 155. The van der Waals surface area contributed by atoms with Crippen molar-refractivity contribution >= 4 is 17.7 Å². The van der Waals surface area contributed by atoms with Crippen molar-refractivity contribution in [3.63, 3.8) is 0 Å². The Hall–Kier alpha value is -0.180. The standard InChI is InChI=1S/C10H20O2S/c1-5-6-7-13-8-10(2,3)9(11)12-4/h5-8H2,1-4H3. The summed E-state index contributed by atoms with van der Waals surface area (Å²) in [6.45, 7) is 6.03. The van der Waals surface area contributed by atoms with Gasteiger partial charge in [-0.15, -0.1) is 0 Å². The zero-order valence-electron chi connectivity index (χ0n) is 9.05. The Labute approximate surface area is 85.4 Å². The van der Waals surface area contributed by atoms with Crippen molar-refractivity contribution < 1.29 is 9.53 Å². The zero-order chi connectivity index (χ0) is 10.3. The van der Waals surface area contributed by atoms with Crippen LogP contribution in [0.25, 0.3) is 0 Å². The van der Waals surface area contributed by atoms with Gasteiger partial charge in [-0.2, -0.15) is 11.8 Å². The first-order valence-electron chi connectivity index (χ1n) is 4.70. The van der Waals surface area contributed by atoms with E-state index in [1.807, 2.05) is 25.6 Å². The molecule has 0 saturated heterocycles. The maximum Gasteiger partial charge on any atom is 0.312 e. The molecule has 78 valence electrons. The number of methoxy groups -OCH3 is 1. The van der Waals surface area contributed by atoms with Crippen LogP contribution in [0.5, 0.6) is 0 Å². The van der Waals surface area contributed by atoms with Crippen LogP contribution in [0.1, 0.15) is 33.6 Å². The Morgan fingerprint density at radius 3 is 2.54 bits per heavy atom. The number of ether oxygens (including phenoxy) is 1. The fraction of sp³-hybridized carbons (Fsp3) is 0.900. The number of carbonyl (C=O) groups excluding carboxylic acids is 1. The molecule has 0 spiro atoms. The second-order valence-electron chi connectivity index (χ2n) is 3.78. The van der Waals surface area contributed by atoms with Gasteiger partial charge in [0.15, 0.2) is 0 Å². The third kappa shape index (κ3) is 5.19. The highest BCUT2D eigenvalue weighted by molar-refractivity contribution is 7.99. The highest BCUT2D eigenvalue weighted by atomic mass is 32.2. The van der Waals surface area contributed by atoms with Crippen molar-refractivity contribution in [3.8, 4) is 0 Å². The van der Waals surface area contributed by atoms with E-state index in [1.165, 1.54) is 20.0 Å². The van der Waals surface area contributed by atoms with E-state index in [4.69, 9.17) is 4.74 Å². The fourth-order valence-corrected chi connectivity index (χ4v) is 2.17. The lowest BCUT2D eigenvalue weighted by molar-refractivity contribution is -0.149. The van der Waals surface area contributed by atoms with E-state index in [2.05, 4.69) is 6.92 Å². The minimum absolute atomic E-state index is 0.114. The number of hydrogen-bond donors (Lipinski definition) is 0. The predicted octanol–water partition coefficient (Wildman–Crippen LogP) is 2.72. The van der Waals surface area contributed by atoms with Crippen LogP contribution >= 0.6 is 11.8 Å². The van der Waals surface area contributed by atoms with Crippen LogP contribution in [0.4, 0.5) is 0 Å². The van der Waals surface area contributed by atoms with Gasteiger partial charge < -0.3 is 4.74 Å².